The Hall–Kier alpha value is -4.22. The van der Waals surface area contributed by atoms with Crippen LogP contribution in [0.15, 0.2) is 59.8 Å². The first kappa shape index (κ1) is 31.2. The van der Waals surface area contributed by atoms with Crippen molar-refractivity contribution in [3.05, 3.63) is 70.9 Å². The van der Waals surface area contributed by atoms with E-state index in [0.717, 1.165) is 17.5 Å². The third kappa shape index (κ3) is 5.81. The zero-order chi connectivity index (χ0) is 31.8. The van der Waals surface area contributed by atoms with Crippen LogP contribution >= 0.6 is 0 Å². The molecule has 0 radical (unpaired) electrons. The van der Waals surface area contributed by atoms with Crippen LogP contribution in [0.3, 0.4) is 0 Å². The highest BCUT2D eigenvalue weighted by Gasteiger charge is 2.49. The molecule has 12 heteroatoms. The van der Waals surface area contributed by atoms with E-state index >= 15 is 0 Å². The van der Waals surface area contributed by atoms with Gasteiger partial charge >= 0.3 is 12.2 Å². The minimum atomic E-state index is -4.69. The molecule has 0 bridgehead atoms. The van der Waals surface area contributed by atoms with Crippen molar-refractivity contribution in [1.29, 1.82) is 0 Å². The number of hydrogen-bond acceptors (Lipinski definition) is 5. The van der Waals surface area contributed by atoms with Crippen LogP contribution in [0.1, 0.15) is 44.4 Å². The van der Waals surface area contributed by atoms with E-state index in [1.54, 1.807) is 18.9 Å². The molecule has 1 fully saturated rings. The Morgan fingerprint density at radius 1 is 1.02 bits per heavy atom. The Labute approximate surface area is 255 Å². The summed E-state index contributed by atoms with van der Waals surface area (Å²) in [6.07, 6.45) is -4.32. The Kier molecular flexibility index (Phi) is 8.80. The standard InChI is InChI=1S/C32H38F3N5O4/c1-5-39-25-19-40(30(42)27(25)28(36-31(39)43)21-10-6-7-11-22(21)32(33,34)35)24(18-20(2)3)29(41)38-16-14-37(15-17-38)23-12-8-9-13-26(23)44-4/h6-13,20,24,28H,5,14-19H2,1-4H3,(H,36,43). The number of urea groups is 1. The lowest BCUT2D eigenvalue weighted by Crippen LogP contribution is -2.56. The molecule has 0 aliphatic carbocycles. The number of ether oxygens (including phenoxy) is 1. The summed E-state index contributed by atoms with van der Waals surface area (Å²) in [6, 6.07) is 9.94. The maximum absolute atomic E-state index is 14.2. The average Bonchev–Trinajstić information content (AvgIpc) is 3.35. The van der Waals surface area contributed by atoms with Crippen molar-refractivity contribution in [2.45, 2.75) is 45.5 Å². The van der Waals surface area contributed by atoms with E-state index in [-0.39, 0.29) is 36.1 Å². The van der Waals surface area contributed by atoms with Gasteiger partial charge in [-0.05, 0) is 43.0 Å². The van der Waals surface area contributed by atoms with E-state index in [9.17, 15) is 27.6 Å². The maximum Gasteiger partial charge on any atom is 0.416 e. The Morgan fingerprint density at radius 3 is 2.32 bits per heavy atom. The number of rotatable bonds is 8. The van der Waals surface area contributed by atoms with Crippen molar-refractivity contribution in [2.75, 3.05) is 51.3 Å². The Balaban J connectivity index is 1.43. The lowest BCUT2D eigenvalue weighted by Gasteiger charge is -2.40. The van der Waals surface area contributed by atoms with Gasteiger partial charge in [-0.3, -0.25) is 14.5 Å². The van der Waals surface area contributed by atoms with E-state index in [0.29, 0.717) is 38.3 Å². The van der Waals surface area contributed by atoms with Gasteiger partial charge in [0.2, 0.25) is 5.91 Å². The number of para-hydroxylation sites is 2. The van der Waals surface area contributed by atoms with E-state index in [2.05, 4.69) is 10.2 Å². The van der Waals surface area contributed by atoms with Crippen molar-refractivity contribution in [3.63, 3.8) is 0 Å². The van der Waals surface area contributed by atoms with Gasteiger partial charge in [0, 0.05) is 32.7 Å². The third-order valence-electron chi connectivity index (χ3n) is 8.52. The second kappa shape index (κ2) is 12.4. The predicted molar refractivity (Wildman–Crippen MR) is 159 cm³/mol. The molecule has 3 aliphatic rings. The summed E-state index contributed by atoms with van der Waals surface area (Å²) in [5, 5.41) is 2.64. The molecule has 3 aliphatic heterocycles. The van der Waals surface area contributed by atoms with Crippen LogP contribution in [0.2, 0.25) is 0 Å². The second-order valence-electron chi connectivity index (χ2n) is 11.6. The van der Waals surface area contributed by atoms with Gasteiger partial charge in [0.15, 0.2) is 0 Å². The normalized spacial score (nSPS) is 19.9. The summed E-state index contributed by atoms with van der Waals surface area (Å²) in [4.78, 5) is 48.2. The van der Waals surface area contributed by atoms with Crippen molar-refractivity contribution in [3.8, 4) is 5.75 Å². The number of carbonyl (C=O) groups excluding carboxylic acids is 3. The first-order chi connectivity index (χ1) is 21.0. The Morgan fingerprint density at radius 2 is 1.68 bits per heavy atom. The summed E-state index contributed by atoms with van der Waals surface area (Å²) < 4.78 is 47.6. The van der Waals surface area contributed by atoms with Crippen molar-refractivity contribution in [1.82, 2.24) is 20.0 Å². The SMILES string of the molecule is CCN1C(=O)NC(c2ccccc2C(F)(F)F)C2=C1CN(C(CC(C)C)C(=O)N1CCN(c3ccccc3OC)CC1)C2=O. The average molecular weight is 614 g/mol. The third-order valence-corrected chi connectivity index (χ3v) is 8.52. The van der Waals surface area contributed by atoms with Crippen molar-refractivity contribution >= 4 is 23.5 Å². The van der Waals surface area contributed by atoms with Gasteiger partial charge in [-0.25, -0.2) is 4.79 Å². The van der Waals surface area contributed by atoms with Gasteiger partial charge in [-0.15, -0.1) is 0 Å². The molecule has 1 N–H and O–H groups in total. The number of halogens is 3. The molecule has 5 rings (SSSR count). The van der Waals surface area contributed by atoms with Crippen molar-refractivity contribution < 1.29 is 32.3 Å². The molecule has 44 heavy (non-hydrogen) atoms. The lowest BCUT2D eigenvalue weighted by molar-refractivity contribution is -0.144. The molecule has 4 amide bonds. The number of alkyl halides is 3. The first-order valence-electron chi connectivity index (χ1n) is 14.9. The van der Waals surface area contributed by atoms with E-state index < -0.39 is 35.8 Å². The van der Waals surface area contributed by atoms with Crippen LogP contribution in [0.4, 0.5) is 23.7 Å². The molecule has 0 spiro atoms. The summed E-state index contributed by atoms with van der Waals surface area (Å²) in [6.45, 7) is 7.84. The fraction of sp³-hybridized carbons (Fsp3) is 0.469. The molecule has 236 valence electrons. The van der Waals surface area contributed by atoms with Crippen LogP contribution in [0, 0.1) is 5.92 Å². The van der Waals surface area contributed by atoms with Gasteiger partial charge in [-0.2, -0.15) is 13.2 Å². The minimum Gasteiger partial charge on any atom is -0.495 e. The van der Waals surface area contributed by atoms with Crippen LogP contribution in [-0.4, -0.2) is 85.0 Å². The van der Waals surface area contributed by atoms with E-state index in [1.165, 1.54) is 28.0 Å². The second-order valence-corrected chi connectivity index (χ2v) is 11.6. The van der Waals surface area contributed by atoms with Crippen LogP contribution in [0.5, 0.6) is 5.75 Å². The number of anilines is 1. The van der Waals surface area contributed by atoms with Gasteiger partial charge in [0.25, 0.3) is 5.91 Å². The first-order valence-corrected chi connectivity index (χ1v) is 14.9. The maximum atomic E-state index is 14.2. The molecule has 9 nitrogen and oxygen atoms in total. The number of likely N-dealkylation sites (N-methyl/N-ethyl adjacent to an activating group) is 1. The highest BCUT2D eigenvalue weighted by Crippen LogP contribution is 2.42. The molecule has 2 atom stereocenters. The number of piperazine rings is 1. The zero-order valence-corrected chi connectivity index (χ0v) is 25.4. The number of methoxy groups -OCH3 is 1. The molecule has 2 aromatic carbocycles. The molecular weight excluding hydrogens is 575 g/mol. The van der Waals surface area contributed by atoms with Gasteiger partial charge in [0.05, 0.1) is 42.2 Å². The lowest BCUT2D eigenvalue weighted by atomic mass is 9.91. The van der Waals surface area contributed by atoms with Crippen molar-refractivity contribution in [2.24, 2.45) is 5.92 Å². The number of nitrogens with one attached hydrogen (secondary N) is 1. The van der Waals surface area contributed by atoms with E-state index in [1.807, 2.05) is 38.1 Å². The van der Waals surface area contributed by atoms with Crippen LogP contribution < -0.4 is 15.0 Å². The highest BCUT2D eigenvalue weighted by atomic mass is 19.4. The molecular formula is C32H38F3N5O4. The molecule has 0 aromatic heterocycles. The summed E-state index contributed by atoms with van der Waals surface area (Å²) in [7, 11) is 1.62. The topological polar surface area (TPSA) is 85.4 Å². The fourth-order valence-corrected chi connectivity index (χ4v) is 6.42. The quantitative estimate of drug-likeness (QED) is 0.468. The predicted octanol–water partition coefficient (Wildman–Crippen LogP) is 4.66. The van der Waals surface area contributed by atoms with Crippen LogP contribution in [-0.2, 0) is 15.8 Å². The molecule has 2 unspecified atom stereocenters. The van der Waals surface area contributed by atoms with Crippen LogP contribution in [0.25, 0.3) is 0 Å². The Bertz CT molecular complexity index is 1450. The molecule has 1 saturated heterocycles. The molecule has 3 heterocycles. The highest BCUT2D eigenvalue weighted by molar-refractivity contribution is 6.03. The minimum absolute atomic E-state index is 0.0373. The fourth-order valence-electron chi connectivity index (χ4n) is 6.42. The number of benzene rings is 2. The smallest absolute Gasteiger partial charge is 0.416 e. The van der Waals surface area contributed by atoms with Gasteiger partial charge in [-0.1, -0.05) is 44.2 Å². The van der Waals surface area contributed by atoms with Gasteiger partial charge in [0.1, 0.15) is 11.8 Å². The van der Waals surface area contributed by atoms with E-state index in [4.69, 9.17) is 4.74 Å². The number of nitrogens with zero attached hydrogens (tertiary/aromatic N) is 4. The largest absolute Gasteiger partial charge is 0.495 e. The van der Waals surface area contributed by atoms with Gasteiger partial charge < -0.3 is 24.8 Å². The molecule has 0 saturated carbocycles. The number of amides is 4. The summed E-state index contributed by atoms with van der Waals surface area (Å²) in [5.74, 6) is 0.0517. The zero-order valence-electron chi connectivity index (χ0n) is 25.4. The monoisotopic (exact) mass is 613 g/mol. The molecule has 2 aromatic rings. The summed E-state index contributed by atoms with van der Waals surface area (Å²) in [5.41, 5.74) is 0.230. The number of carbonyl (C=O) groups is 3. The number of hydrogen-bond donors (Lipinski definition) is 1. The summed E-state index contributed by atoms with van der Waals surface area (Å²) >= 11 is 0.